The van der Waals surface area contributed by atoms with Crippen molar-refractivity contribution in [3.63, 3.8) is 0 Å². The summed E-state index contributed by atoms with van der Waals surface area (Å²) in [4.78, 5) is 76.5. The van der Waals surface area contributed by atoms with Gasteiger partial charge < -0.3 is 54.9 Å². The number of amides is 3. The van der Waals surface area contributed by atoms with Crippen molar-refractivity contribution >= 4 is 74.4 Å². The Hall–Kier alpha value is -5.64. The average Bonchev–Trinajstić information content (AvgIpc) is 4.02. The van der Waals surface area contributed by atoms with Crippen LogP contribution >= 0.6 is 33.3 Å². The van der Waals surface area contributed by atoms with Gasteiger partial charge in [-0.1, -0.05) is 33.2 Å². The highest BCUT2D eigenvalue weighted by atomic mass is 33.1. The van der Waals surface area contributed by atoms with Crippen LogP contribution in [0.4, 0.5) is 29.0 Å². The molecular weight excluding hydrogens is 913 g/mol. The van der Waals surface area contributed by atoms with Gasteiger partial charge in [-0.15, -0.1) is 5.10 Å². The Morgan fingerprint density at radius 3 is 2.61 bits per heavy atom. The van der Waals surface area contributed by atoms with Crippen LogP contribution in [0.1, 0.15) is 37.6 Å². The molecular formula is C37H41F2N9O13S3. The van der Waals surface area contributed by atoms with Crippen LogP contribution in [0.3, 0.4) is 0 Å². The number of nitrogens with zero attached hydrogens (tertiary/aromatic N) is 5. The van der Waals surface area contributed by atoms with Gasteiger partial charge in [0, 0.05) is 46.6 Å². The SMILES string of the molecule is Nc1ccn([C@@H]2O[C@H](COC(=O)OCCSSCCOC(=O)Oc3ccc4cc(-n5cc(CNC(=O)CCCC[C@@H]6SC[C@@H]7NC(=O)N[C@@H]76)nn5)c(=O)oc4c3)[C@@H](O)C2(F)F)c(=O)n1. The lowest BCUT2D eigenvalue weighted by atomic mass is 10.0. The number of hydrogen-bond acceptors (Lipinski definition) is 20. The average molecular weight is 954 g/mol. The van der Waals surface area contributed by atoms with E-state index in [9.17, 15) is 42.7 Å². The number of anilines is 1. The Morgan fingerprint density at radius 2 is 1.83 bits per heavy atom. The normalized spacial score (nSPS) is 22.1. The van der Waals surface area contributed by atoms with Gasteiger partial charge in [0.1, 0.15) is 48.8 Å². The minimum atomic E-state index is -3.91. The molecule has 0 spiro atoms. The molecule has 0 aliphatic carbocycles. The quantitative estimate of drug-likeness (QED) is 0.0225. The number of urea groups is 1. The number of rotatable bonds is 19. The molecule has 3 aromatic heterocycles. The summed E-state index contributed by atoms with van der Waals surface area (Å²) in [7, 11) is 2.56. The van der Waals surface area contributed by atoms with E-state index in [4.69, 9.17) is 33.8 Å². The summed E-state index contributed by atoms with van der Waals surface area (Å²) in [6.45, 7) is -0.830. The van der Waals surface area contributed by atoms with Crippen LogP contribution in [-0.2, 0) is 30.3 Å². The highest BCUT2D eigenvalue weighted by molar-refractivity contribution is 8.76. The fourth-order valence-electron chi connectivity index (χ4n) is 6.82. The molecule has 3 fully saturated rings. The van der Waals surface area contributed by atoms with Crippen LogP contribution in [0.15, 0.2) is 56.7 Å². The fourth-order valence-corrected chi connectivity index (χ4v) is 10.0. The lowest BCUT2D eigenvalue weighted by Crippen LogP contribution is -2.42. The maximum Gasteiger partial charge on any atom is 0.513 e. The number of nitrogen functional groups attached to an aromatic ring is 1. The van der Waals surface area contributed by atoms with Crippen molar-refractivity contribution in [1.82, 2.24) is 40.5 Å². The third-order valence-corrected chi connectivity index (χ3v) is 13.8. The predicted molar refractivity (Wildman–Crippen MR) is 225 cm³/mol. The van der Waals surface area contributed by atoms with Crippen molar-refractivity contribution in [1.29, 1.82) is 0 Å². The number of aliphatic hydroxyl groups is 1. The number of nitrogens with two attached hydrogens (primary N) is 1. The molecule has 6 atom stereocenters. The number of nitrogens with one attached hydrogen (secondary N) is 3. The Labute approximate surface area is 372 Å². The zero-order chi connectivity index (χ0) is 45.4. The van der Waals surface area contributed by atoms with E-state index >= 15 is 0 Å². The number of hydrogen-bond donors (Lipinski definition) is 5. The number of alkyl halides is 2. The maximum atomic E-state index is 14.6. The van der Waals surface area contributed by atoms with E-state index in [0.717, 1.165) is 30.9 Å². The highest BCUT2D eigenvalue weighted by Crippen LogP contribution is 2.42. The Morgan fingerprint density at radius 1 is 1.05 bits per heavy atom. The summed E-state index contributed by atoms with van der Waals surface area (Å²) in [5.41, 5.74) is 4.16. The third-order valence-electron chi connectivity index (χ3n) is 9.93. The number of fused-ring (bicyclic) bond motifs is 2. The fraction of sp³-hybridized carbons (Fsp3) is 0.486. The summed E-state index contributed by atoms with van der Waals surface area (Å²) in [5.74, 6) is -2.69. The highest BCUT2D eigenvalue weighted by Gasteiger charge is 2.60. The second-order valence-corrected chi connectivity index (χ2v) is 18.3. The van der Waals surface area contributed by atoms with E-state index in [1.54, 1.807) is 6.07 Å². The summed E-state index contributed by atoms with van der Waals surface area (Å²) in [6, 6.07) is 7.22. The largest absolute Gasteiger partial charge is 0.513 e. The Kier molecular flexibility index (Phi) is 15.1. The molecule has 3 amide bonds. The molecule has 0 radical (unpaired) electrons. The van der Waals surface area contributed by atoms with Gasteiger partial charge in [0.15, 0.2) is 11.8 Å². The number of carbonyl (C=O) groups excluding carboxylic acids is 4. The second-order valence-electron chi connectivity index (χ2n) is 14.4. The molecule has 22 nitrogen and oxygen atoms in total. The summed E-state index contributed by atoms with van der Waals surface area (Å²) >= 11 is 1.84. The van der Waals surface area contributed by atoms with Gasteiger partial charge in [-0.2, -0.15) is 25.5 Å². The van der Waals surface area contributed by atoms with Crippen LogP contribution in [0.25, 0.3) is 16.7 Å². The van der Waals surface area contributed by atoms with Gasteiger partial charge in [-0.3, -0.25) is 9.36 Å². The smallest absolute Gasteiger partial charge is 0.433 e. The van der Waals surface area contributed by atoms with Crippen LogP contribution in [0.2, 0.25) is 0 Å². The number of halogens is 2. The predicted octanol–water partition coefficient (Wildman–Crippen LogP) is 2.50. The number of thioether (sulfide) groups is 1. The first kappa shape index (κ1) is 46.4. The minimum Gasteiger partial charge on any atom is -0.433 e. The molecule has 0 unspecified atom stereocenters. The minimum absolute atomic E-state index is 0.0373. The van der Waals surface area contributed by atoms with Gasteiger partial charge in [-0.05, 0) is 37.1 Å². The van der Waals surface area contributed by atoms with E-state index < -0.39 is 54.6 Å². The van der Waals surface area contributed by atoms with Crippen LogP contribution in [0, 0.1) is 0 Å². The van der Waals surface area contributed by atoms with Crippen molar-refractivity contribution in [2.24, 2.45) is 0 Å². The van der Waals surface area contributed by atoms with Crippen LogP contribution in [0.5, 0.6) is 5.75 Å². The summed E-state index contributed by atoms with van der Waals surface area (Å²) < 4.78 is 61.6. The molecule has 7 rings (SSSR count). The molecule has 3 saturated heterocycles. The molecule has 0 saturated carbocycles. The molecule has 64 heavy (non-hydrogen) atoms. The molecule has 1 aromatic carbocycles. The van der Waals surface area contributed by atoms with Gasteiger partial charge in [-0.25, -0.2) is 28.7 Å². The Balaban J connectivity index is 0.748. The lowest BCUT2D eigenvalue weighted by molar-refractivity contribution is -0.141. The number of ether oxygens (including phenoxy) is 5. The Bertz CT molecular complexity index is 2460. The zero-order valence-electron chi connectivity index (χ0n) is 33.4. The monoisotopic (exact) mass is 953 g/mol. The summed E-state index contributed by atoms with van der Waals surface area (Å²) in [6.07, 6.45) is -3.21. The number of unbranched alkanes of at least 4 members (excludes halogenated alkanes) is 1. The van der Waals surface area contributed by atoms with Crippen LogP contribution < -0.4 is 37.7 Å². The number of aliphatic hydroxyl groups excluding tert-OH is 1. The van der Waals surface area contributed by atoms with Crippen molar-refractivity contribution in [2.75, 3.05) is 42.8 Å². The van der Waals surface area contributed by atoms with E-state index in [2.05, 4.69) is 31.2 Å². The van der Waals surface area contributed by atoms with Gasteiger partial charge in [0.05, 0.1) is 24.8 Å². The zero-order valence-corrected chi connectivity index (χ0v) is 35.9. The second kappa shape index (κ2) is 20.9. The van der Waals surface area contributed by atoms with Crippen molar-refractivity contribution in [3.8, 4) is 11.4 Å². The number of aromatic nitrogens is 5. The summed E-state index contributed by atoms with van der Waals surface area (Å²) in [5, 5.41) is 27.6. The van der Waals surface area contributed by atoms with Crippen molar-refractivity contribution in [3.05, 3.63) is 69.3 Å². The molecule has 3 aliphatic rings. The maximum absolute atomic E-state index is 14.6. The lowest BCUT2D eigenvalue weighted by Gasteiger charge is -2.20. The van der Waals surface area contributed by atoms with Gasteiger partial charge in [0.25, 0.3) is 0 Å². The van der Waals surface area contributed by atoms with Crippen molar-refractivity contribution in [2.45, 2.75) is 73.9 Å². The third kappa shape index (κ3) is 11.5. The number of carbonyl (C=O) groups is 4. The molecule has 27 heteroatoms. The first-order chi connectivity index (χ1) is 30.7. The topological polar surface area (TPSA) is 293 Å². The van der Waals surface area contributed by atoms with E-state index in [0.29, 0.717) is 39.5 Å². The molecule has 6 heterocycles. The van der Waals surface area contributed by atoms with E-state index in [-0.39, 0.29) is 72.4 Å². The van der Waals surface area contributed by atoms with E-state index in [1.807, 2.05) is 11.8 Å². The van der Waals surface area contributed by atoms with Gasteiger partial charge in [0.2, 0.25) is 12.1 Å². The molecule has 344 valence electrons. The van der Waals surface area contributed by atoms with Crippen LogP contribution in [-0.4, -0.2) is 126 Å². The van der Waals surface area contributed by atoms with Gasteiger partial charge >= 0.3 is 35.6 Å². The standard InChI is InChI=1S/C37H41F2N9O13S3/c38-37(39)30(50)25(61-32(37)47-8-7-27(40)43-34(47)53)17-58-35(54)56-9-11-63-64-12-10-57-36(55)59-21-6-5-19-13-23(31(51)60-24(19)14-21)48-16-20(45-46-48)15-41-28(49)4-2-1-3-26-29-22(18-62-26)42-33(52)44-29/h5-8,13-14,16,22,25-26,29-30,32,50H,1-4,9-12,15,17-18H2,(H,41,49)(H2,40,43,53)(H2,42,44,52)/t22-,25+,26-,29-,30+,32+/m0/s1. The molecule has 6 N–H and O–H groups in total. The molecule has 4 aromatic rings. The van der Waals surface area contributed by atoms with Crippen molar-refractivity contribution < 1.29 is 61.2 Å². The first-order valence-electron chi connectivity index (χ1n) is 19.6. The molecule has 0 bridgehead atoms. The van der Waals surface area contributed by atoms with E-state index in [1.165, 1.54) is 50.7 Å². The number of benzene rings is 1. The first-order valence-corrected chi connectivity index (χ1v) is 23.2. The molecule has 3 aliphatic heterocycles.